The number of hydrogen-bond acceptors (Lipinski definition) is 7. The minimum Gasteiger partial charge on any atom is -0.497 e. The van der Waals surface area contributed by atoms with E-state index in [4.69, 9.17) is 9.15 Å². The zero-order chi connectivity index (χ0) is 16.3. The van der Waals surface area contributed by atoms with Gasteiger partial charge in [0.1, 0.15) is 5.75 Å². The van der Waals surface area contributed by atoms with Crippen LogP contribution in [0.25, 0.3) is 11.5 Å². The summed E-state index contributed by atoms with van der Waals surface area (Å²) < 4.78 is 35.1. The van der Waals surface area contributed by atoms with Crippen LogP contribution in [0.15, 0.2) is 58.4 Å². The second kappa shape index (κ2) is 6.17. The van der Waals surface area contributed by atoms with E-state index >= 15 is 0 Å². The highest BCUT2D eigenvalue weighted by Crippen LogP contribution is 2.22. The highest BCUT2D eigenvalue weighted by molar-refractivity contribution is 7.90. The number of hydrogen-bond donors (Lipinski definition) is 0. The Kier molecular flexibility index (Phi) is 4.07. The highest BCUT2D eigenvalue weighted by Gasteiger charge is 2.23. The number of methoxy groups -OCH3 is 1. The van der Waals surface area contributed by atoms with Gasteiger partial charge in [-0.05, 0) is 29.8 Å². The maximum absolute atomic E-state index is 12.4. The molecule has 0 unspecified atom stereocenters. The minimum absolute atomic E-state index is 0.140. The van der Waals surface area contributed by atoms with Crippen LogP contribution in [-0.2, 0) is 15.6 Å². The van der Waals surface area contributed by atoms with Gasteiger partial charge in [0.2, 0.25) is 15.7 Å². The highest BCUT2D eigenvalue weighted by atomic mass is 32.2. The summed E-state index contributed by atoms with van der Waals surface area (Å²) in [5.41, 5.74) is 1.22. The standard InChI is InChI=1S/C15H13N3O4S/c1-21-13-4-2-11(3-5-13)10-23(19,20)15-18-17-14(22-15)12-6-8-16-9-7-12/h2-9H,10H2,1H3. The number of ether oxygens (including phenoxy) is 1. The van der Waals surface area contributed by atoms with Gasteiger partial charge >= 0.3 is 5.22 Å². The van der Waals surface area contributed by atoms with Gasteiger partial charge in [-0.2, -0.15) is 0 Å². The summed E-state index contributed by atoms with van der Waals surface area (Å²) in [6.45, 7) is 0. The second-order valence-electron chi connectivity index (χ2n) is 4.72. The van der Waals surface area contributed by atoms with E-state index in [2.05, 4.69) is 15.2 Å². The van der Waals surface area contributed by atoms with Crippen molar-refractivity contribution in [1.82, 2.24) is 15.2 Å². The SMILES string of the molecule is COc1ccc(CS(=O)(=O)c2nnc(-c3ccncc3)o2)cc1. The van der Waals surface area contributed by atoms with Crippen molar-refractivity contribution in [3.63, 3.8) is 0 Å². The van der Waals surface area contributed by atoms with E-state index in [1.165, 1.54) is 0 Å². The number of sulfone groups is 1. The molecule has 7 nitrogen and oxygen atoms in total. The molecule has 0 aliphatic rings. The summed E-state index contributed by atoms with van der Waals surface area (Å²) in [7, 11) is -2.17. The number of aromatic nitrogens is 3. The molecule has 0 radical (unpaired) electrons. The number of pyridine rings is 1. The van der Waals surface area contributed by atoms with Crippen molar-refractivity contribution in [2.75, 3.05) is 7.11 Å². The average molecular weight is 331 g/mol. The molecule has 118 valence electrons. The van der Waals surface area contributed by atoms with Gasteiger partial charge in [-0.3, -0.25) is 4.98 Å². The first kappa shape index (κ1) is 15.2. The van der Waals surface area contributed by atoms with Crippen LogP contribution in [0, 0.1) is 0 Å². The molecule has 0 aliphatic carbocycles. The molecule has 0 saturated heterocycles. The van der Waals surface area contributed by atoms with E-state index in [-0.39, 0.29) is 11.6 Å². The first-order chi connectivity index (χ1) is 11.1. The Morgan fingerprint density at radius 1 is 1.04 bits per heavy atom. The number of benzene rings is 1. The van der Waals surface area contributed by atoms with Gasteiger partial charge in [-0.15, -0.1) is 5.10 Å². The fraction of sp³-hybridized carbons (Fsp3) is 0.133. The zero-order valence-electron chi connectivity index (χ0n) is 12.2. The Morgan fingerprint density at radius 2 is 1.74 bits per heavy atom. The molecule has 0 amide bonds. The molecule has 3 aromatic rings. The molecule has 0 aliphatic heterocycles. The van der Waals surface area contributed by atoms with Crippen molar-refractivity contribution < 1.29 is 17.6 Å². The predicted molar refractivity (Wildman–Crippen MR) is 81.4 cm³/mol. The summed E-state index contributed by atoms with van der Waals surface area (Å²) >= 11 is 0. The van der Waals surface area contributed by atoms with E-state index < -0.39 is 15.1 Å². The monoisotopic (exact) mass is 331 g/mol. The Morgan fingerprint density at radius 3 is 2.39 bits per heavy atom. The Labute approximate surface area is 132 Å². The minimum atomic E-state index is -3.72. The lowest BCUT2D eigenvalue weighted by atomic mass is 10.2. The van der Waals surface area contributed by atoms with Crippen LogP contribution >= 0.6 is 0 Å². The molecule has 0 spiro atoms. The Balaban J connectivity index is 1.83. The first-order valence-electron chi connectivity index (χ1n) is 6.68. The third-order valence-corrected chi connectivity index (χ3v) is 4.53. The molecule has 0 bridgehead atoms. The predicted octanol–water partition coefficient (Wildman–Crippen LogP) is 2.11. The molecular weight excluding hydrogens is 318 g/mol. The lowest BCUT2D eigenvalue weighted by Gasteiger charge is -2.02. The summed E-state index contributed by atoms with van der Waals surface area (Å²) in [4.78, 5) is 3.88. The fourth-order valence-electron chi connectivity index (χ4n) is 1.95. The van der Waals surface area contributed by atoms with Crippen LogP contribution in [0.5, 0.6) is 5.75 Å². The Bertz CT molecular complexity index is 890. The van der Waals surface area contributed by atoms with Crippen molar-refractivity contribution in [2.24, 2.45) is 0 Å². The molecule has 0 fully saturated rings. The van der Waals surface area contributed by atoms with Gasteiger partial charge in [0, 0.05) is 18.0 Å². The molecule has 0 N–H and O–H groups in total. The fourth-order valence-corrected chi connectivity index (χ4v) is 3.08. The number of nitrogens with zero attached hydrogens (tertiary/aromatic N) is 3. The first-order valence-corrected chi connectivity index (χ1v) is 8.33. The average Bonchev–Trinajstić information content (AvgIpc) is 3.07. The molecule has 1 aromatic carbocycles. The Hall–Kier alpha value is -2.74. The second-order valence-corrected chi connectivity index (χ2v) is 6.58. The largest absolute Gasteiger partial charge is 0.497 e. The molecule has 3 rings (SSSR count). The van der Waals surface area contributed by atoms with Crippen LogP contribution in [0.4, 0.5) is 0 Å². The zero-order valence-corrected chi connectivity index (χ0v) is 13.0. The summed E-state index contributed by atoms with van der Waals surface area (Å²) in [5, 5.41) is 7.02. The van der Waals surface area contributed by atoms with Crippen LogP contribution in [0.2, 0.25) is 0 Å². The van der Waals surface area contributed by atoms with Crippen LogP contribution in [0.1, 0.15) is 5.56 Å². The molecule has 2 heterocycles. The molecule has 0 saturated carbocycles. The van der Waals surface area contributed by atoms with Crippen molar-refractivity contribution in [2.45, 2.75) is 11.0 Å². The van der Waals surface area contributed by atoms with E-state index in [0.29, 0.717) is 16.9 Å². The van der Waals surface area contributed by atoms with E-state index in [1.54, 1.807) is 55.9 Å². The summed E-state index contributed by atoms with van der Waals surface area (Å²) in [6.07, 6.45) is 3.12. The van der Waals surface area contributed by atoms with E-state index in [9.17, 15) is 8.42 Å². The topological polar surface area (TPSA) is 95.2 Å². The quantitative estimate of drug-likeness (QED) is 0.706. The van der Waals surface area contributed by atoms with Crippen molar-refractivity contribution in [3.05, 3.63) is 54.4 Å². The molecular formula is C15H13N3O4S. The number of rotatable bonds is 5. The van der Waals surface area contributed by atoms with Gasteiger partial charge in [-0.1, -0.05) is 17.2 Å². The van der Waals surface area contributed by atoms with Gasteiger partial charge in [0.15, 0.2) is 0 Å². The van der Waals surface area contributed by atoms with Gasteiger partial charge in [-0.25, -0.2) is 8.42 Å². The van der Waals surface area contributed by atoms with Crippen molar-refractivity contribution >= 4 is 9.84 Å². The summed E-state index contributed by atoms with van der Waals surface area (Å²) in [6, 6.07) is 10.1. The van der Waals surface area contributed by atoms with E-state index in [0.717, 1.165) is 0 Å². The van der Waals surface area contributed by atoms with Crippen LogP contribution < -0.4 is 4.74 Å². The van der Waals surface area contributed by atoms with Gasteiger partial charge < -0.3 is 9.15 Å². The summed E-state index contributed by atoms with van der Waals surface area (Å²) in [5.74, 6) is 0.569. The van der Waals surface area contributed by atoms with Gasteiger partial charge in [0.25, 0.3) is 0 Å². The maximum atomic E-state index is 12.4. The third-order valence-electron chi connectivity index (χ3n) is 3.12. The third kappa shape index (κ3) is 3.37. The van der Waals surface area contributed by atoms with Crippen molar-refractivity contribution in [3.8, 4) is 17.2 Å². The van der Waals surface area contributed by atoms with Crippen LogP contribution in [-0.4, -0.2) is 30.7 Å². The lowest BCUT2D eigenvalue weighted by Crippen LogP contribution is -2.05. The van der Waals surface area contributed by atoms with Gasteiger partial charge in [0.05, 0.1) is 12.9 Å². The smallest absolute Gasteiger partial charge is 0.336 e. The van der Waals surface area contributed by atoms with E-state index in [1.807, 2.05) is 0 Å². The molecule has 23 heavy (non-hydrogen) atoms. The van der Waals surface area contributed by atoms with Crippen LogP contribution in [0.3, 0.4) is 0 Å². The normalized spacial score (nSPS) is 11.3. The van der Waals surface area contributed by atoms with Crippen molar-refractivity contribution in [1.29, 1.82) is 0 Å². The molecule has 0 atom stereocenters. The molecule has 2 aromatic heterocycles. The maximum Gasteiger partial charge on any atom is 0.336 e. The molecule has 8 heteroatoms. The lowest BCUT2D eigenvalue weighted by molar-refractivity contribution is 0.414.